The maximum absolute atomic E-state index is 4.48. The number of hydrogen-bond donors (Lipinski definition) is 1. The fraction of sp³-hybridized carbons (Fsp3) is 0.875. The van der Waals surface area contributed by atoms with Crippen molar-refractivity contribution in [3.8, 4) is 0 Å². The van der Waals surface area contributed by atoms with E-state index in [1.807, 2.05) is 0 Å². The predicted molar refractivity (Wildman–Crippen MR) is 82.8 cm³/mol. The summed E-state index contributed by atoms with van der Waals surface area (Å²) in [6.45, 7) is 7.75. The summed E-state index contributed by atoms with van der Waals surface area (Å²) in [4.78, 5) is 4.48. The number of nitrogens with zero attached hydrogens (tertiary/aromatic N) is 3. The van der Waals surface area contributed by atoms with Crippen LogP contribution in [0.5, 0.6) is 0 Å². The van der Waals surface area contributed by atoms with Crippen LogP contribution in [-0.2, 0) is 6.42 Å². The van der Waals surface area contributed by atoms with Gasteiger partial charge in [0.05, 0.1) is 0 Å². The maximum Gasteiger partial charge on any atom is 0.138 e. The summed E-state index contributed by atoms with van der Waals surface area (Å²) < 4.78 is 2.08. The Balaban J connectivity index is 1.94. The first-order valence-electron chi connectivity index (χ1n) is 8.32. The normalized spacial score (nSPS) is 24.0. The average Bonchev–Trinajstić information content (AvgIpc) is 2.76. The van der Waals surface area contributed by atoms with Gasteiger partial charge in [0.15, 0.2) is 0 Å². The van der Waals surface area contributed by atoms with Gasteiger partial charge >= 0.3 is 0 Å². The van der Waals surface area contributed by atoms with Crippen molar-refractivity contribution in [1.29, 1.82) is 0 Å². The fourth-order valence-electron chi connectivity index (χ4n) is 3.29. The van der Waals surface area contributed by atoms with E-state index in [4.69, 9.17) is 0 Å². The second-order valence-corrected chi connectivity index (χ2v) is 6.46. The lowest BCUT2D eigenvalue weighted by molar-refractivity contribution is 0.369. The molecule has 1 N–H and O–H groups in total. The summed E-state index contributed by atoms with van der Waals surface area (Å²) in [6, 6.07) is 1.12. The molecule has 0 radical (unpaired) electrons. The van der Waals surface area contributed by atoms with Gasteiger partial charge in [-0.15, -0.1) is 0 Å². The average molecular weight is 278 g/mol. The molecule has 2 atom stereocenters. The minimum Gasteiger partial charge on any atom is -0.314 e. The third-order valence-corrected chi connectivity index (χ3v) is 4.32. The molecule has 2 unspecified atom stereocenters. The van der Waals surface area contributed by atoms with E-state index in [0.717, 1.165) is 18.9 Å². The molecule has 1 aromatic rings. The first-order chi connectivity index (χ1) is 9.70. The Hall–Kier alpha value is -0.900. The van der Waals surface area contributed by atoms with Crippen molar-refractivity contribution in [2.75, 3.05) is 6.54 Å². The molecule has 4 nitrogen and oxygen atoms in total. The summed E-state index contributed by atoms with van der Waals surface area (Å²) in [6.07, 6.45) is 10.7. The Morgan fingerprint density at radius 1 is 1.35 bits per heavy atom. The van der Waals surface area contributed by atoms with Gasteiger partial charge in [0.1, 0.15) is 12.2 Å². The predicted octanol–water partition coefficient (Wildman–Crippen LogP) is 3.35. The van der Waals surface area contributed by atoms with Crippen LogP contribution in [0, 0.1) is 5.92 Å². The molecule has 1 fully saturated rings. The van der Waals surface area contributed by atoms with Gasteiger partial charge in [0.2, 0.25) is 0 Å². The Bertz CT molecular complexity index is 386. The lowest BCUT2D eigenvalue weighted by Gasteiger charge is -2.21. The highest BCUT2D eigenvalue weighted by Gasteiger charge is 2.22. The van der Waals surface area contributed by atoms with E-state index in [0.29, 0.717) is 12.1 Å². The zero-order valence-electron chi connectivity index (χ0n) is 13.3. The molecule has 20 heavy (non-hydrogen) atoms. The van der Waals surface area contributed by atoms with Gasteiger partial charge in [-0.1, -0.05) is 19.8 Å². The standard InChI is InChI=1S/C16H30N4/c1-4-9-17-15-8-6-5-7-14(10-15)11-16-18-12-19-20(16)13(2)3/h12-15,17H,4-11H2,1-3H3. The Morgan fingerprint density at radius 3 is 2.90 bits per heavy atom. The second kappa shape index (κ2) is 7.77. The minimum absolute atomic E-state index is 0.410. The highest BCUT2D eigenvalue weighted by molar-refractivity contribution is 4.91. The van der Waals surface area contributed by atoms with Crippen molar-refractivity contribution in [3.05, 3.63) is 12.2 Å². The van der Waals surface area contributed by atoms with Crippen LogP contribution in [0.2, 0.25) is 0 Å². The molecular formula is C16H30N4. The highest BCUT2D eigenvalue weighted by atomic mass is 15.3. The Labute approximate surface area is 123 Å². The molecule has 0 saturated heterocycles. The molecule has 0 spiro atoms. The molecule has 1 aliphatic rings. The fourth-order valence-corrected chi connectivity index (χ4v) is 3.29. The third kappa shape index (κ3) is 4.30. The van der Waals surface area contributed by atoms with E-state index in [9.17, 15) is 0 Å². The van der Waals surface area contributed by atoms with Crippen molar-refractivity contribution >= 4 is 0 Å². The second-order valence-electron chi connectivity index (χ2n) is 6.46. The summed E-state index contributed by atoms with van der Waals surface area (Å²) >= 11 is 0. The molecule has 1 heterocycles. The Kier molecular flexibility index (Phi) is 6.02. The van der Waals surface area contributed by atoms with E-state index >= 15 is 0 Å². The lowest BCUT2D eigenvalue weighted by atomic mass is 9.94. The summed E-state index contributed by atoms with van der Waals surface area (Å²) in [5, 5.41) is 8.08. The quantitative estimate of drug-likeness (QED) is 0.811. The van der Waals surface area contributed by atoms with Crippen molar-refractivity contribution in [2.45, 2.75) is 77.8 Å². The topological polar surface area (TPSA) is 42.7 Å². The van der Waals surface area contributed by atoms with Gasteiger partial charge in [-0.3, -0.25) is 0 Å². The van der Waals surface area contributed by atoms with Gasteiger partial charge in [-0.05, 0) is 52.0 Å². The van der Waals surface area contributed by atoms with E-state index < -0.39 is 0 Å². The van der Waals surface area contributed by atoms with E-state index in [2.05, 4.69) is 40.9 Å². The molecule has 114 valence electrons. The van der Waals surface area contributed by atoms with E-state index in [1.54, 1.807) is 6.33 Å². The van der Waals surface area contributed by atoms with Crippen LogP contribution in [0.3, 0.4) is 0 Å². The Morgan fingerprint density at radius 2 is 2.15 bits per heavy atom. The highest BCUT2D eigenvalue weighted by Crippen LogP contribution is 2.26. The molecule has 0 bridgehead atoms. The molecule has 4 heteroatoms. The molecule has 0 amide bonds. The maximum atomic E-state index is 4.48. The molecule has 1 aromatic heterocycles. The molecule has 0 aromatic carbocycles. The number of hydrogen-bond acceptors (Lipinski definition) is 3. The van der Waals surface area contributed by atoms with Gasteiger partial charge in [-0.2, -0.15) is 5.10 Å². The van der Waals surface area contributed by atoms with Gasteiger partial charge in [0.25, 0.3) is 0 Å². The van der Waals surface area contributed by atoms with Crippen LogP contribution in [0.15, 0.2) is 6.33 Å². The monoisotopic (exact) mass is 278 g/mol. The summed E-state index contributed by atoms with van der Waals surface area (Å²) in [5.41, 5.74) is 0. The first kappa shape index (κ1) is 15.5. The molecule has 1 saturated carbocycles. The summed E-state index contributed by atoms with van der Waals surface area (Å²) in [7, 11) is 0. The van der Waals surface area contributed by atoms with Crippen LogP contribution in [-0.4, -0.2) is 27.4 Å². The first-order valence-corrected chi connectivity index (χ1v) is 8.32. The summed E-state index contributed by atoms with van der Waals surface area (Å²) in [5.74, 6) is 1.93. The van der Waals surface area contributed by atoms with Gasteiger partial charge < -0.3 is 5.32 Å². The molecule has 2 rings (SSSR count). The number of rotatable bonds is 6. The molecule has 1 aliphatic carbocycles. The van der Waals surface area contributed by atoms with Crippen LogP contribution >= 0.6 is 0 Å². The lowest BCUT2D eigenvalue weighted by Crippen LogP contribution is -2.31. The van der Waals surface area contributed by atoms with Crippen LogP contribution in [0.1, 0.15) is 71.2 Å². The van der Waals surface area contributed by atoms with Gasteiger partial charge in [-0.25, -0.2) is 9.67 Å². The van der Waals surface area contributed by atoms with Crippen LogP contribution in [0.4, 0.5) is 0 Å². The van der Waals surface area contributed by atoms with Crippen molar-refractivity contribution in [1.82, 2.24) is 20.1 Å². The van der Waals surface area contributed by atoms with Crippen molar-refractivity contribution in [3.63, 3.8) is 0 Å². The zero-order valence-corrected chi connectivity index (χ0v) is 13.3. The molecule has 0 aliphatic heterocycles. The van der Waals surface area contributed by atoms with Crippen LogP contribution < -0.4 is 5.32 Å². The minimum atomic E-state index is 0.410. The largest absolute Gasteiger partial charge is 0.314 e. The van der Waals surface area contributed by atoms with E-state index in [1.165, 1.54) is 44.3 Å². The zero-order chi connectivity index (χ0) is 14.4. The number of nitrogens with one attached hydrogen (secondary N) is 1. The van der Waals surface area contributed by atoms with Gasteiger partial charge in [0, 0.05) is 18.5 Å². The third-order valence-electron chi connectivity index (χ3n) is 4.32. The van der Waals surface area contributed by atoms with Crippen LogP contribution in [0.25, 0.3) is 0 Å². The van der Waals surface area contributed by atoms with E-state index in [-0.39, 0.29) is 0 Å². The SMILES string of the molecule is CCCNC1CCCCC(Cc2ncnn2C(C)C)C1. The smallest absolute Gasteiger partial charge is 0.138 e. The molecular weight excluding hydrogens is 248 g/mol. The van der Waals surface area contributed by atoms with Crippen molar-refractivity contribution < 1.29 is 0 Å². The van der Waals surface area contributed by atoms with Crippen molar-refractivity contribution in [2.24, 2.45) is 5.92 Å². The number of aromatic nitrogens is 3.